The summed E-state index contributed by atoms with van der Waals surface area (Å²) in [5.74, 6) is 0. The summed E-state index contributed by atoms with van der Waals surface area (Å²) in [6.45, 7) is 8.85. The van der Waals surface area contributed by atoms with Gasteiger partial charge in [0.25, 0.3) is 0 Å². The maximum absolute atomic E-state index is 4.87. The van der Waals surface area contributed by atoms with Gasteiger partial charge in [-0.25, -0.2) is 4.98 Å². The molecule has 0 amide bonds. The highest BCUT2D eigenvalue weighted by molar-refractivity contribution is 7.13. The standard InChI is InChI=1S/C16H20N3S/c1-2-4-14(5-3-1)16-17-15(13-20-16)12-19-9-6-18(7-10-19)8-11-19/h1-5,13H,6-12H2/q+1. The number of hydrogen-bond acceptors (Lipinski definition) is 3. The topological polar surface area (TPSA) is 16.1 Å². The van der Waals surface area contributed by atoms with Gasteiger partial charge in [-0.2, -0.15) is 0 Å². The van der Waals surface area contributed by atoms with Crippen LogP contribution in [-0.4, -0.2) is 53.6 Å². The third-order valence-electron chi connectivity index (χ3n) is 4.74. The van der Waals surface area contributed by atoms with Crippen molar-refractivity contribution in [2.75, 3.05) is 39.3 Å². The summed E-state index contributed by atoms with van der Waals surface area (Å²) in [7, 11) is 0. The first-order valence-electron chi connectivity index (χ1n) is 7.40. The second kappa shape index (κ2) is 4.95. The Balaban J connectivity index is 1.54. The van der Waals surface area contributed by atoms with E-state index in [0.717, 1.165) is 11.6 Å². The fourth-order valence-corrected chi connectivity index (χ4v) is 4.22. The largest absolute Gasteiger partial charge is 0.315 e. The third-order valence-corrected chi connectivity index (χ3v) is 5.68. The summed E-state index contributed by atoms with van der Waals surface area (Å²) >= 11 is 1.78. The number of aromatic nitrogens is 1. The van der Waals surface area contributed by atoms with Crippen LogP contribution < -0.4 is 0 Å². The molecule has 0 N–H and O–H groups in total. The molecule has 3 fully saturated rings. The van der Waals surface area contributed by atoms with Crippen LogP contribution in [0.3, 0.4) is 0 Å². The second-order valence-electron chi connectivity index (χ2n) is 6.02. The number of nitrogens with zero attached hydrogens (tertiary/aromatic N) is 3. The van der Waals surface area contributed by atoms with Gasteiger partial charge in [-0.05, 0) is 0 Å². The van der Waals surface area contributed by atoms with E-state index >= 15 is 0 Å². The quantitative estimate of drug-likeness (QED) is 0.806. The predicted molar refractivity (Wildman–Crippen MR) is 82.6 cm³/mol. The number of hydrogen-bond donors (Lipinski definition) is 0. The van der Waals surface area contributed by atoms with Crippen molar-refractivity contribution in [2.45, 2.75) is 6.54 Å². The number of rotatable bonds is 3. The lowest BCUT2D eigenvalue weighted by Crippen LogP contribution is -2.66. The van der Waals surface area contributed by atoms with E-state index in [1.807, 2.05) is 0 Å². The average Bonchev–Trinajstić information content (AvgIpc) is 2.98. The van der Waals surface area contributed by atoms with Crippen molar-refractivity contribution in [3.63, 3.8) is 0 Å². The van der Waals surface area contributed by atoms with Crippen LogP contribution in [-0.2, 0) is 6.54 Å². The van der Waals surface area contributed by atoms with Crippen LogP contribution in [0.2, 0.25) is 0 Å². The van der Waals surface area contributed by atoms with Crippen LogP contribution in [0, 0.1) is 0 Å². The zero-order valence-electron chi connectivity index (χ0n) is 11.7. The maximum atomic E-state index is 4.87. The normalized spacial score (nSPS) is 28.7. The van der Waals surface area contributed by atoms with Crippen LogP contribution >= 0.6 is 11.3 Å². The monoisotopic (exact) mass is 286 g/mol. The molecular formula is C16H20N3S+. The first-order chi connectivity index (χ1) is 9.83. The maximum Gasteiger partial charge on any atom is 0.123 e. The van der Waals surface area contributed by atoms with Gasteiger partial charge >= 0.3 is 0 Å². The molecule has 2 aromatic rings. The number of quaternary nitrogens is 1. The average molecular weight is 286 g/mol. The van der Waals surface area contributed by atoms with E-state index in [9.17, 15) is 0 Å². The van der Waals surface area contributed by atoms with E-state index in [2.05, 4.69) is 40.6 Å². The fraction of sp³-hybridized carbons (Fsp3) is 0.438. The molecule has 3 aliphatic heterocycles. The zero-order valence-corrected chi connectivity index (χ0v) is 12.5. The predicted octanol–water partition coefficient (Wildman–Crippen LogP) is 2.46. The molecule has 0 aliphatic carbocycles. The molecule has 0 radical (unpaired) electrons. The van der Waals surface area contributed by atoms with Gasteiger partial charge < -0.3 is 4.48 Å². The Morgan fingerprint density at radius 1 is 1.05 bits per heavy atom. The van der Waals surface area contributed by atoms with E-state index in [-0.39, 0.29) is 0 Å². The summed E-state index contributed by atoms with van der Waals surface area (Å²) in [5, 5.41) is 3.42. The van der Waals surface area contributed by atoms with Gasteiger partial charge in [0.2, 0.25) is 0 Å². The van der Waals surface area contributed by atoms with Gasteiger partial charge in [-0.1, -0.05) is 30.3 Å². The Bertz CT molecular complexity index is 571. The molecule has 20 heavy (non-hydrogen) atoms. The lowest BCUT2D eigenvalue weighted by Gasteiger charge is -2.50. The number of piperazine rings is 3. The molecule has 0 unspecified atom stereocenters. The number of benzene rings is 1. The van der Waals surface area contributed by atoms with E-state index in [1.165, 1.54) is 55.0 Å². The first-order valence-corrected chi connectivity index (χ1v) is 8.28. The molecule has 0 spiro atoms. The molecule has 0 saturated carbocycles. The highest BCUT2D eigenvalue weighted by Gasteiger charge is 2.38. The molecule has 1 aromatic heterocycles. The zero-order chi connectivity index (χ0) is 13.4. The van der Waals surface area contributed by atoms with E-state index in [1.54, 1.807) is 11.3 Å². The first kappa shape index (κ1) is 12.5. The molecule has 3 aliphatic rings. The molecule has 3 nitrogen and oxygen atoms in total. The Kier molecular flexibility index (Phi) is 3.10. The van der Waals surface area contributed by atoms with Gasteiger partial charge in [0.1, 0.15) is 17.2 Å². The molecule has 4 heteroatoms. The molecule has 3 saturated heterocycles. The van der Waals surface area contributed by atoms with Crippen LogP contribution in [0.1, 0.15) is 5.69 Å². The Hall–Kier alpha value is -1.23. The summed E-state index contributed by atoms with van der Waals surface area (Å²) < 4.78 is 1.26. The minimum atomic E-state index is 1.12. The SMILES string of the molecule is c1ccc(-c2nc(C[N+]34CCN(CC3)CC4)cs2)cc1. The molecule has 4 heterocycles. The van der Waals surface area contributed by atoms with E-state index in [0.29, 0.717) is 0 Å². The second-order valence-corrected chi connectivity index (χ2v) is 6.88. The lowest BCUT2D eigenvalue weighted by atomic mass is 10.1. The summed E-state index contributed by atoms with van der Waals surface area (Å²) in [6.07, 6.45) is 0. The third kappa shape index (κ3) is 2.28. The highest BCUT2D eigenvalue weighted by atomic mass is 32.1. The van der Waals surface area contributed by atoms with Crippen molar-refractivity contribution < 1.29 is 4.48 Å². The Labute approximate surface area is 124 Å². The number of thiazole rings is 1. The molecule has 1 aromatic carbocycles. The van der Waals surface area contributed by atoms with Gasteiger partial charge in [0.05, 0.1) is 19.6 Å². The summed E-state index contributed by atoms with van der Waals surface area (Å²) in [6, 6.07) is 10.5. The minimum absolute atomic E-state index is 1.12. The van der Waals surface area contributed by atoms with Crippen LogP contribution in [0.4, 0.5) is 0 Å². The molecule has 2 bridgehead atoms. The summed E-state index contributed by atoms with van der Waals surface area (Å²) in [4.78, 5) is 7.47. The smallest absolute Gasteiger partial charge is 0.123 e. The fourth-order valence-electron chi connectivity index (χ4n) is 3.41. The van der Waals surface area contributed by atoms with Gasteiger partial charge in [0.15, 0.2) is 0 Å². The van der Waals surface area contributed by atoms with Crippen molar-refractivity contribution in [2.24, 2.45) is 0 Å². The van der Waals surface area contributed by atoms with Crippen LogP contribution in [0.5, 0.6) is 0 Å². The van der Waals surface area contributed by atoms with Gasteiger partial charge in [-0.15, -0.1) is 11.3 Å². The van der Waals surface area contributed by atoms with Crippen LogP contribution in [0.15, 0.2) is 35.7 Å². The molecule has 0 atom stereocenters. The van der Waals surface area contributed by atoms with Crippen molar-refractivity contribution >= 4 is 11.3 Å². The van der Waals surface area contributed by atoms with Crippen LogP contribution in [0.25, 0.3) is 10.6 Å². The Morgan fingerprint density at radius 3 is 2.45 bits per heavy atom. The van der Waals surface area contributed by atoms with E-state index in [4.69, 9.17) is 4.98 Å². The van der Waals surface area contributed by atoms with Crippen molar-refractivity contribution in [3.8, 4) is 10.6 Å². The Morgan fingerprint density at radius 2 is 1.75 bits per heavy atom. The minimum Gasteiger partial charge on any atom is -0.315 e. The number of fused-ring (bicyclic) bond motifs is 3. The molecule has 5 rings (SSSR count). The van der Waals surface area contributed by atoms with Crippen molar-refractivity contribution in [1.29, 1.82) is 0 Å². The highest BCUT2D eigenvalue weighted by Crippen LogP contribution is 2.27. The summed E-state index contributed by atoms with van der Waals surface area (Å²) in [5.41, 5.74) is 2.52. The van der Waals surface area contributed by atoms with Gasteiger partial charge in [0, 0.05) is 30.6 Å². The van der Waals surface area contributed by atoms with E-state index < -0.39 is 0 Å². The van der Waals surface area contributed by atoms with Crippen molar-refractivity contribution in [3.05, 3.63) is 41.4 Å². The van der Waals surface area contributed by atoms with Gasteiger partial charge in [-0.3, -0.25) is 4.90 Å². The molecular weight excluding hydrogens is 266 g/mol. The van der Waals surface area contributed by atoms with Crippen molar-refractivity contribution in [1.82, 2.24) is 9.88 Å². The lowest BCUT2D eigenvalue weighted by molar-refractivity contribution is -0.953. The molecule has 104 valence electrons.